The van der Waals surface area contributed by atoms with Crippen LogP contribution in [-0.4, -0.2) is 43.6 Å². The topological polar surface area (TPSA) is 102 Å². The second kappa shape index (κ2) is 11.0. The van der Waals surface area contributed by atoms with Gasteiger partial charge in [0, 0.05) is 11.8 Å². The Morgan fingerprint density at radius 2 is 1.71 bits per heavy atom. The zero-order valence-electron chi connectivity index (χ0n) is 21.3. The molecule has 0 spiro atoms. The summed E-state index contributed by atoms with van der Waals surface area (Å²) in [4.78, 5) is 40.6. The Kier molecular flexibility index (Phi) is 7.73. The molecule has 1 atom stereocenters. The van der Waals surface area contributed by atoms with E-state index in [2.05, 4.69) is 0 Å². The number of esters is 1. The Balaban J connectivity index is 1.97. The first-order valence-corrected chi connectivity index (χ1v) is 12.2. The highest BCUT2D eigenvalue weighted by atomic mass is 35.5. The molecule has 0 radical (unpaired) electrons. The maximum Gasteiger partial charge on any atom is 0.338 e. The zero-order valence-corrected chi connectivity index (χ0v) is 22.0. The van der Waals surface area contributed by atoms with Crippen LogP contribution in [0.4, 0.5) is 5.69 Å². The first-order chi connectivity index (χ1) is 18.2. The quantitative estimate of drug-likeness (QED) is 0.185. The summed E-state index contributed by atoms with van der Waals surface area (Å²) >= 11 is 6.33. The summed E-state index contributed by atoms with van der Waals surface area (Å²) in [5.74, 6) is -2.27. The third-order valence-electron chi connectivity index (χ3n) is 6.17. The molecule has 1 saturated heterocycles. The number of Topliss-reactive ketones (excluding diaryl/α,β-unsaturated/α-hetero) is 1. The number of anilines is 1. The fourth-order valence-corrected chi connectivity index (χ4v) is 4.68. The van der Waals surface area contributed by atoms with Crippen molar-refractivity contribution in [3.63, 3.8) is 0 Å². The van der Waals surface area contributed by atoms with Crippen LogP contribution in [0.25, 0.3) is 5.76 Å². The molecule has 1 amide bonds. The molecule has 1 aliphatic heterocycles. The Labute approximate surface area is 225 Å². The van der Waals surface area contributed by atoms with E-state index in [0.29, 0.717) is 17.0 Å². The van der Waals surface area contributed by atoms with E-state index in [-0.39, 0.29) is 34.1 Å². The number of hydrogen-bond donors (Lipinski definition) is 1. The Hall–Kier alpha value is -4.30. The van der Waals surface area contributed by atoms with Crippen LogP contribution in [0.1, 0.15) is 40.0 Å². The lowest BCUT2D eigenvalue weighted by Crippen LogP contribution is -2.29. The number of aliphatic hydroxyl groups is 1. The van der Waals surface area contributed by atoms with Crippen molar-refractivity contribution in [2.24, 2.45) is 0 Å². The number of aryl methyl sites for hydroxylation is 1. The van der Waals surface area contributed by atoms with E-state index >= 15 is 0 Å². The predicted molar refractivity (Wildman–Crippen MR) is 143 cm³/mol. The van der Waals surface area contributed by atoms with Crippen molar-refractivity contribution in [1.29, 1.82) is 0 Å². The van der Waals surface area contributed by atoms with Crippen LogP contribution in [0.2, 0.25) is 5.02 Å². The lowest BCUT2D eigenvalue weighted by molar-refractivity contribution is -0.132. The largest absolute Gasteiger partial charge is 0.507 e. The number of ether oxygens (including phenoxy) is 3. The molecule has 0 saturated carbocycles. The van der Waals surface area contributed by atoms with E-state index in [9.17, 15) is 19.5 Å². The molecule has 38 heavy (non-hydrogen) atoms. The van der Waals surface area contributed by atoms with Crippen molar-refractivity contribution < 1.29 is 33.7 Å². The van der Waals surface area contributed by atoms with E-state index in [1.54, 1.807) is 37.3 Å². The van der Waals surface area contributed by atoms with Crippen molar-refractivity contribution in [3.05, 3.63) is 93.5 Å². The number of hydrogen-bond acceptors (Lipinski definition) is 7. The normalized spacial score (nSPS) is 16.4. The molecule has 0 aliphatic carbocycles. The number of ketones is 1. The maximum absolute atomic E-state index is 13.5. The zero-order chi connectivity index (χ0) is 27.6. The average Bonchev–Trinajstić information content (AvgIpc) is 3.18. The number of aliphatic hydroxyl groups excluding tert-OH is 1. The number of methoxy groups -OCH3 is 2. The highest BCUT2D eigenvalue weighted by Gasteiger charge is 2.47. The van der Waals surface area contributed by atoms with Gasteiger partial charge in [0.2, 0.25) is 0 Å². The summed E-state index contributed by atoms with van der Waals surface area (Å²) in [6.07, 6.45) is 0. The molecule has 1 aliphatic rings. The molecule has 1 N–H and O–H groups in total. The van der Waals surface area contributed by atoms with E-state index in [1.807, 2.05) is 19.1 Å². The van der Waals surface area contributed by atoms with Crippen molar-refractivity contribution in [3.8, 4) is 11.5 Å². The van der Waals surface area contributed by atoms with Crippen molar-refractivity contribution in [2.75, 3.05) is 25.7 Å². The Morgan fingerprint density at radius 1 is 1.00 bits per heavy atom. The second-order valence-corrected chi connectivity index (χ2v) is 8.95. The molecule has 9 heteroatoms. The van der Waals surface area contributed by atoms with E-state index in [1.165, 1.54) is 37.3 Å². The van der Waals surface area contributed by atoms with E-state index in [4.69, 9.17) is 25.8 Å². The number of halogens is 1. The summed E-state index contributed by atoms with van der Waals surface area (Å²) in [6, 6.07) is 15.4. The smallest absolute Gasteiger partial charge is 0.338 e. The molecule has 1 unspecified atom stereocenters. The van der Waals surface area contributed by atoms with Gasteiger partial charge in [0.05, 0.1) is 48.6 Å². The van der Waals surface area contributed by atoms with Crippen molar-refractivity contribution >= 4 is 40.7 Å². The van der Waals surface area contributed by atoms with Crippen molar-refractivity contribution in [2.45, 2.75) is 19.9 Å². The number of carbonyl (C=O) groups excluding carboxylic acids is 3. The minimum Gasteiger partial charge on any atom is -0.507 e. The SMILES string of the molecule is CCOC(=O)c1cccc(N2C(=O)C(=O)/C(=C(/O)c3cc(Cl)c(OC)cc3OC)C2c2cccc(C)c2)c1. The number of amides is 1. The minimum absolute atomic E-state index is 0.120. The van der Waals surface area contributed by atoms with Gasteiger partial charge in [0.1, 0.15) is 17.3 Å². The molecule has 196 valence electrons. The predicted octanol–water partition coefficient (Wildman–Crippen LogP) is 5.47. The minimum atomic E-state index is -1.00. The van der Waals surface area contributed by atoms with Gasteiger partial charge in [-0.2, -0.15) is 0 Å². The third-order valence-corrected chi connectivity index (χ3v) is 6.46. The summed E-state index contributed by atoms with van der Waals surface area (Å²) in [5.41, 5.74) is 1.96. The van der Waals surface area contributed by atoms with Crippen LogP contribution >= 0.6 is 11.6 Å². The van der Waals surface area contributed by atoms with Gasteiger partial charge < -0.3 is 19.3 Å². The molecular weight excluding hydrogens is 510 g/mol. The fourth-order valence-electron chi connectivity index (χ4n) is 4.44. The Bertz CT molecular complexity index is 1460. The lowest BCUT2D eigenvalue weighted by atomic mass is 9.94. The molecule has 1 heterocycles. The molecule has 1 fully saturated rings. The first kappa shape index (κ1) is 26.8. The van der Waals surface area contributed by atoms with Crippen molar-refractivity contribution in [1.82, 2.24) is 0 Å². The molecular formula is C29H26ClNO7. The van der Waals surface area contributed by atoms with Gasteiger partial charge in [-0.25, -0.2) is 4.79 Å². The third kappa shape index (κ3) is 4.82. The van der Waals surface area contributed by atoms with Crippen LogP contribution in [0, 0.1) is 6.92 Å². The molecule has 8 nitrogen and oxygen atoms in total. The van der Waals surface area contributed by atoms with Gasteiger partial charge in [-0.3, -0.25) is 14.5 Å². The number of rotatable bonds is 7. The highest BCUT2D eigenvalue weighted by molar-refractivity contribution is 6.51. The average molecular weight is 536 g/mol. The molecule has 0 aromatic heterocycles. The monoisotopic (exact) mass is 535 g/mol. The van der Waals surface area contributed by atoms with Gasteiger partial charge in [-0.1, -0.05) is 47.5 Å². The van der Waals surface area contributed by atoms with Gasteiger partial charge in [0.25, 0.3) is 11.7 Å². The lowest BCUT2D eigenvalue weighted by Gasteiger charge is -2.26. The molecule has 4 rings (SSSR count). The first-order valence-electron chi connectivity index (χ1n) is 11.8. The number of nitrogens with zero attached hydrogens (tertiary/aromatic N) is 1. The summed E-state index contributed by atoms with van der Waals surface area (Å²) in [5, 5.41) is 11.7. The maximum atomic E-state index is 13.5. The van der Waals surface area contributed by atoms with Gasteiger partial charge in [-0.05, 0) is 43.7 Å². The second-order valence-electron chi connectivity index (χ2n) is 8.54. The molecule has 3 aromatic carbocycles. The molecule has 0 bridgehead atoms. The van der Waals surface area contributed by atoms with E-state index in [0.717, 1.165) is 5.56 Å². The van der Waals surface area contributed by atoms with Crippen LogP contribution in [-0.2, 0) is 14.3 Å². The summed E-state index contributed by atoms with van der Waals surface area (Å²) < 4.78 is 15.8. The van der Waals surface area contributed by atoms with Gasteiger partial charge in [-0.15, -0.1) is 0 Å². The van der Waals surface area contributed by atoms with Crippen LogP contribution in [0.5, 0.6) is 11.5 Å². The van der Waals surface area contributed by atoms with Gasteiger partial charge in [0.15, 0.2) is 0 Å². The number of benzene rings is 3. The molecule has 3 aromatic rings. The van der Waals surface area contributed by atoms with E-state index < -0.39 is 29.5 Å². The summed E-state index contributed by atoms with van der Waals surface area (Å²) in [7, 11) is 2.84. The summed E-state index contributed by atoms with van der Waals surface area (Å²) in [6.45, 7) is 3.75. The Morgan fingerprint density at radius 3 is 2.37 bits per heavy atom. The van der Waals surface area contributed by atoms with Gasteiger partial charge >= 0.3 is 5.97 Å². The van der Waals surface area contributed by atoms with Crippen LogP contribution in [0.15, 0.2) is 66.2 Å². The standard InChI is InChI=1S/C29H26ClNO7/c1-5-38-29(35)18-10-7-11-19(13-18)31-25(17-9-6-8-16(2)12-17)24(27(33)28(31)34)26(32)20-14-21(30)23(37-4)15-22(20)36-3/h6-15,25,32H,5H2,1-4H3/b26-24+. The highest BCUT2D eigenvalue weighted by Crippen LogP contribution is 2.45. The van der Waals surface area contributed by atoms with Crippen LogP contribution < -0.4 is 14.4 Å². The fraction of sp³-hybridized carbons (Fsp3) is 0.207. The van der Waals surface area contributed by atoms with Crippen LogP contribution in [0.3, 0.4) is 0 Å². The number of carbonyl (C=O) groups is 3.